The minimum absolute atomic E-state index is 0. The van der Waals surface area contributed by atoms with Crippen molar-refractivity contribution in [2.75, 3.05) is 26.2 Å². The van der Waals surface area contributed by atoms with E-state index in [4.69, 9.17) is 5.73 Å². The number of nitrogens with zero attached hydrogens (tertiary/aromatic N) is 3. The van der Waals surface area contributed by atoms with Crippen LogP contribution < -0.4 is 5.73 Å². The Kier molecular flexibility index (Phi) is 7.25. The normalized spacial score (nSPS) is 18.6. The highest BCUT2D eigenvalue weighted by Crippen LogP contribution is 2.16. The molecule has 5 nitrogen and oxygen atoms in total. The van der Waals surface area contributed by atoms with Crippen LogP contribution in [0, 0.1) is 6.92 Å². The molecule has 2 rings (SSSR count). The molecule has 126 valence electrons. The molecule has 1 amide bonds. The number of thiazole rings is 1. The van der Waals surface area contributed by atoms with E-state index in [1.54, 1.807) is 11.3 Å². The first-order chi connectivity index (χ1) is 9.92. The molecule has 1 saturated heterocycles. The van der Waals surface area contributed by atoms with Crippen molar-refractivity contribution in [2.45, 2.75) is 45.7 Å². The molecule has 0 radical (unpaired) electrons. The summed E-state index contributed by atoms with van der Waals surface area (Å²) in [5, 5.41) is 3.22. The zero-order chi connectivity index (χ0) is 15.5. The molecule has 2 N–H and O–H groups in total. The van der Waals surface area contributed by atoms with E-state index in [-0.39, 0.29) is 18.3 Å². The number of carbonyl (C=O) groups is 1. The van der Waals surface area contributed by atoms with Crippen molar-refractivity contribution >= 4 is 29.7 Å². The maximum Gasteiger partial charge on any atom is 0.242 e. The van der Waals surface area contributed by atoms with Crippen molar-refractivity contribution in [3.05, 3.63) is 16.1 Å². The summed E-state index contributed by atoms with van der Waals surface area (Å²) in [5.74, 6) is 0.0912. The number of piperazine rings is 1. The summed E-state index contributed by atoms with van der Waals surface area (Å²) in [4.78, 5) is 21.2. The van der Waals surface area contributed by atoms with E-state index in [1.807, 2.05) is 18.7 Å². The summed E-state index contributed by atoms with van der Waals surface area (Å²) in [6.07, 6.45) is 1.67. The first-order valence-electron chi connectivity index (χ1n) is 7.64. The highest BCUT2D eigenvalue weighted by Gasteiger charge is 2.33. The number of halogens is 1. The van der Waals surface area contributed by atoms with Crippen LogP contribution >= 0.6 is 23.7 Å². The standard InChI is InChI=1S/C15H26N4OS.ClH/c1-4-5-15(3,16)14(20)19-8-6-18(7-9-19)10-13-11-21-12(2)17-13;/h11H,4-10,16H2,1-3H3;1H. The molecule has 0 aliphatic carbocycles. The molecule has 7 heteroatoms. The maximum atomic E-state index is 12.4. The summed E-state index contributed by atoms with van der Waals surface area (Å²) < 4.78 is 0. The molecule has 1 aromatic heterocycles. The van der Waals surface area contributed by atoms with Gasteiger partial charge in [0, 0.05) is 38.1 Å². The van der Waals surface area contributed by atoms with Crippen molar-refractivity contribution in [1.82, 2.24) is 14.8 Å². The molecule has 1 atom stereocenters. The van der Waals surface area contributed by atoms with Gasteiger partial charge in [-0.05, 0) is 20.3 Å². The Labute approximate surface area is 143 Å². The predicted octanol–water partition coefficient (Wildman–Crippen LogP) is 2.04. The lowest BCUT2D eigenvalue weighted by atomic mass is 9.95. The first kappa shape index (κ1) is 19.4. The van der Waals surface area contributed by atoms with Gasteiger partial charge in [0.1, 0.15) is 0 Å². The second-order valence-corrected chi connectivity index (χ2v) is 7.16. The van der Waals surface area contributed by atoms with Crippen molar-refractivity contribution in [2.24, 2.45) is 5.73 Å². The molecular formula is C15H27ClN4OS. The highest BCUT2D eigenvalue weighted by molar-refractivity contribution is 7.09. The third kappa shape index (κ3) is 4.91. The molecule has 0 aromatic carbocycles. The van der Waals surface area contributed by atoms with Gasteiger partial charge < -0.3 is 10.6 Å². The molecule has 1 aliphatic heterocycles. The SMILES string of the molecule is CCCC(C)(N)C(=O)N1CCN(Cc2csc(C)n2)CC1.Cl. The average molecular weight is 347 g/mol. The Hall–Kier alpha value is -0.690. The number of nitrogens with two attached hydrogens (primary N) is 1. The van der Waals surface area contributed by atoms with Crippen LogP contribution in [0.1, 0.15) is 37.4 Å². The fourth-order valence-corrected chi connectivity index (χ4v) is 3.41. The fourth-order valence-electron chi connectivity index (χ4n) is 2.81. The molecule has 1 unspecified atom stereocenters. The van der Waals surface area contributed by atoms with Gasteiger partial charge in [0.25, 0.3) is 0 Å². The quantitative estimate of drug-likeness (QED) is 0.886. The molecule has 22 heavy (non-hydrogen) atoms. The van der Waals surface area contributed by atoms with Crippen LogP contribution in [-0.4, -0.2) is 52.4 Å². The van der Waals surface area contributed by atoms with E-state index in [0.717, 1.165) is 56.3 Å². The fraction of sp³-hybridized carbons (Fsp3) is 0.733. The van der Waals surface area contributed by atoms with Crippen LogP contribution in [0.5, 0.6) is 0 Å². The minimum atomic E-state index is -0.719. The van der Waals surface area contributed by atoms with Crippen LogP contribution in [0.15, 0.2) is 5.38 Å². The third-order valence-corrected chi connectivity index (χ3v) is 4.79. The average Bonchev–Trinajstić information content (AvgIpc) is 2.84. The molecule has 1 aliphatic rings. The number of hydrogen-bond acceptors (Lipinski definition) is 5. The minimum Gasteiger partial charge on any atom is -0.339 e. The van der Waals surface area contributed by atoms with Crippen LogP contribution in [0.4, 0.5) is 0 Å². The third-order valence-electron chi connectivity index (χ3n) is 3.97. The monoisotopic (exact) mass is 346 g/mol. The van der Waals surface area contributed by atoms with Crippen LogP contribution in [0.25, 0.3) is 0 Å². The molecule has 0 spiro atoms. The van der Waals surface area contributed by atoms with Gasteiger partial charge in [-0.3, -0.25) is 9.69 Å². The van der Waals surface area contributed by atoms with E-state index in [0.29, 0.717) is 0 Å². The number of amides is 1. The van der Waals surface area contributed by atoms with Crippen molar-refractivity contribution in [1.29, 1.82) is 0 Å². The van der Waals surface area contributed by atoms with E-state index in [9.17, 15) is 4.79 Å². The van der Waals surface area contributed by atoms with Crippen LogP contribution in [0.3, 0.4) is 0 Å². The molecule has 1 fully saturated rings. The van der Waals surface area contributed by atoms with Gasteiger partial charge in [-0.2, -0.15) is 0 Å². The second kappa shape index (κ2) is 8.24. The second-order valence-electron chi connectivity index (χ2n) is 6.09. The number of rotatable bonds is 5. The number of hydrogen-bond donors (Lipinski definition) is 1. The van der Waals surface area contributed by atoms with Crippen LogP contribution in [-0.2, 0) is 11.3 Å². The lowest BCUT2D eigenvalue weighted by Crippen LogP contribution is -2.58. The van der Waals surface area contributed by atoms with Gasteiger partial charge in [0.2, 0.25) is 5.91 Å². The zero-order valence-electron chi connectivity index (χ0n) is 13.7. The smallest absolute Gasteiger partial charge is 0.242 e. The summed E-state index contributed by atoms with van der Waals surface area (Å²) in [7, 11) is 0. The molecule has 2 heterocycles. The van der Waals surface area contributed by atoms with Crippen molar-refractivity contribution in [3.63, 3.8) is 0 Å². The Morgan fingerprint density at radius 2 is 2.05 bits per heavy atom. The Morgan fingerprint density at radius 3 is 2.55 bits per heavy atom. The van der Waals surface area contributed by atoms with E-state index in [2.05, 4.69) is 22.2 Å². The van der Waals surface area contributed by atoms with Gasteiger partial charge >= 0.3 is 0 Å². The largest absolute Gasteiger partial charge is 0.339 e. The predicted molar refractivity (Wildman–Crippen MR) is 93.5 cm³/mol. The Bertz CT molecular complexity index is 484. The van der Waals surface area contributed by atoms with Gasteiger partial charge in [0.15, 0.2) is 0 Å². The van der Waals surface area contributed by atoms with E-state index >= 15 is 0 Å². The van der Waals surface area contributed by atoms with Gasteiger partial charge in [-0.25, -0.2) is 4.98 Å². The Balaban J connectivity index is 0.00000242. The molecule has 1 aromatic rings. The zero-order valence-corrected chi connectivity index (χ0v) is 15.3. The van der Waals surface area contributed by atoms with Crippen molar-refractivity contribution < 1.29 is 4.79 Å². The number of aryl methyl sites for hydroxylation is 1. The van der Waals surface area contributed by atoms with E-state index < -0.39 is 5.54 Å². The van der Waals surface area contributed by atoms with Gasteiger partial charge in [-0.1, -0.05) is 13.3 Å². The lowest BCUT2D eigenvalue weighted by molar-refractivity contribution is -0.138. The Morgan fingerprint density at radius 1 is 1.41 bits per heavy atom. The molecular weight excluding hydrogens is 320 g/mol. The lowest BCUT2D eigenvalue weighted by Gasteiger charge is -2.38. The molecule has 0 saturated carbocycles. The number of aromatic nitrogens is 1. The summed E-state index contributed by atoms with van der Waals surface area (Å²) >= 11 is 1.69. The summed E-state index contributed by atoms with van der Waals surface area (Å²) in [6, 6.07) is 0. The van der Waals surface area contributed by atoms with Crippen molar-refractivity contribution in [3.8, 4) is 0 Å². The highest BCUT2D eigenvalue weighted by atomic mass is 35.5. The topological polar surface area (TPSA) is 62.5 Å². The summed E-state index contributed by atoms with van der Waals surface area (Å²) in [6.45, 7) is 10.1. The van der Waals surface area contributed by atoms with E-state index in [1.165, 1.54) is 0 Å². The maximum absolute atomic E-state index is 12.4. The number of carbonyl (C=O) groups excluding carboxylic acids is 1. The van der Waals surface area contributed by atoms with Gasteiger partial charge in [-0.15, -0.1) is 23.7 Å². The van der Waals surface area contributed by atoms with Crippen LogP contribution in [0.2, 0.25) is 0 Å². The first-order valence-corrected chi connectivity index (χ1v) is 8.52. The molecule has 0 bridgehead atoms. The van der Waals surface area contributed by atoms with Gasteiger partial charge in [0.05, 0.1) is 16.2 Å². The summed E-state index contributed by atoms with van der Waals surface area (Å²) in [5.41, 5.74) is 6.56.